The van der Waals surface area contributed by atoms with Crippen LogP contribution in [0.25, 0.3) is 0 Å². The molecule has 0 radical (unpaired) electrons. The lowest BCUT2D eigenvalue weighted by Gasteiger charge is -2.27. The maximum atomic E-state index is 12.8. The minimum Gasteiger partial charge on any atom is -0.379 e. The van der Waals surface area contributed by atoms with Crippen molar-refractivity contribution in [1.29, 1.82) is 0 Å². The van der Waals surface area contributed by atoms with Gasteiger partial charge in [0.05, 0.1) is 24.2 Å². The Morgan fingerprint density at radius 1 is 1.19 bits per heavy atom. The van der Waals surface area contributed by atoms with Crippen LogP contribution in [0.1, 0.15) is 39.0 Å². The van der Waals surface area contributed by atoms with Gasteiger partial charge in [-0.1, -0.05) is 25.3 Å². The van der Waals surface area contributed by atoms with E-state index in [-0.39, 0.29) is 16.8 Å². The summed E-state index contributed by atoms with van der Waals surface area (Å²) >= 11 is 0. The number of rotatable bonds is 6. The zero-order chi connectivity index (χ0) is 19.3. The number of morpholine rings is 1. The molecule has 2 aliphatic rings. The molecule has 1 aliphatic carbocycles. The molecule has 1 aromatic carbocycles. The van der Waals surface area contributed by atoms with E-state index in [1.807, 2.05) is 6.92 Å². The van der Waals surface area contributed by atoms with E-state index in [9.17, 15) is 13.2 Å². The molecular formula is C19H29N3O4S. The van der Waals surface area contributed by atoms with E-state index in [0.717, 1.165) is 12.8 Å². The Labute approximate surface area is 161 Å². The molecule has 1 saturated heterocycles. The van der Waals surface area contributed by atoms with Crippen molar-refractivity contribution in [3.63, 3.8) is 0 Å². The van der Waals surface area contributed by atoms with E-state index >= 15 is 0 Å². The van der Waals surface area contributed by atoms with Gasteiger partial charge in [-0.3, -0.25) is 4.79 Å². The summed E-state index contributed by atoms with van der Waals surface area (Å²) in [4.78, 5) is 12.7. The van der Waals surface area contributed by atoms with Gasteiger partial charge in [-0.25, -0.2) is 8.42 Å². The maximum Gasteiger partial charge on any atom is 0.243 e. The highest BCUT2D eigenvalue weighted by Crippen LogP contribution is 2.21. The molecule has 1 saturated carbocycles. The summed E-state index contributed by atoms with van der Waals surface area (Å²) in [6, 6.07) is 6.51. The summed E-state index contributed by atoms with van der Waals surface area (Å²) in [7, 11) is -3.58. The molecule has 1 aromatic rings. The molecule has 0 bridgehead atoms. The molecule has 1 atom stereocenters. The fraction of sp³-hybridized carbons (Fsp3) is 0.632. The van der Waals surface area contributed by atoms with E-state index in [0.29, 0.717) is 38.0 Å². The monoisotopic (exact) mass is 395 g/mol. The fourth-order valence-corrected chi connectivity index (χ4v) is 5.07. The van der Waals surface area contributed by atoms with Gasteiger partial charge in [0.1, 0.15) is 0 Å². The zero-order valence-electron chi connectivity index (χ0n) is 15.8. The summed E-state index contributed by atoms with van der Waals surface area (Å²) < 4.78 is 32.2. The fourth-order valence-electron chi connectivity index (χ4n) is 3.62. The number of hydrogen-bond acceptors (Lipinski definition) is 5. The van der Waals surface area contributed by atoms with Gasteiger partial charge in [0.15, 0.2) is 0 Å². The van der Waals surface area contributed by atoms with Gasteiger partial charge in [-0.05, 0) is 38.0 Å². The molecule has 0 unspecified atom stereocenters. The molecule has 27 heavy (non-hydrogen) atoms. The molecule has 3 rings (SSSR count). The number of sulfonamides is 1. The number of carbonyl (C=O) groups excluding carboxylic acids is 1. The second kappa shape index (κ2) is 9.14. The predicted molar refractivity (Wildman–Crippen MR) is 104 cm³/mol. The highest BCUT2D eigenvalue weighted by molar-refractivity contribution is 7.89. The van der Waals surface area contributed by atoms with Gasteiger partial charge in [0, 0.05) is 24.8 Å². The quantitative estimate of drug-likeness (QED) is 0.769. The molecule has 7 nitrogen and oxygen atoms in total. The van der Waals surface area contributed by atoms with Crippen LogP contribution in [0.4, 0.5) is 5.69 Å². The van der Waals surface area contributed by atoms with Crippen molar-refractivity contribution in [2.75, 3.05) is 31.6 Å². The Morgan fingerprint density at radius 3 is 2.59 bits per heavy atom. The van der Waals surface area contributed by atoms with Crippen molar-refractivity contribution in [3.8, 4) is 0 Å². The van der Waals surface area contributed by atoms with E-state index < -0.39 is 10.0 Å². The lowest BCUT2D eigenvalue weighted by Crippen LogP contribution is -2.44. The Balaban J connectivity index is 1.63. The van der Waals surface area contributed by atoms with E-state index in [4.69, 9.17) is 4.74 Å². The number of amides is 1. The van der Waals surface area contributed by atoms with Crippen LogP contribution in [0.15, 0.2) is 29.2 Å². The molecule has 1 aliphatic heterocycles. The molecular weight excluding hydrogens is 366 g/mol. The highest BCUT2D eigenvalue weighted by Gasteiger charge is 2.27. The number of hydrogen-bond donors (Lipinski definition) is 2. The predicted octanol–water partition coefficient (Wildman–Crippen LogP) is 1.96. The molecule has 8 heteroatoms. The number of nitrogens with one attached hydrogen (secondary N) is 2. The van der Waals surface area contributed by atoms with Crippen LogP contribution in [0, 0.1) is 0 Å². The number of benzene rings is 1. The third-order valence-electron chi connectivity index (χ3n) is 5.19. The van der Waals surface area contributed by atoms with Crippen LogP contribution < -0.4 is 10.6 Å². The zero-order valence-corrected chi connectivity index (χ0v) is 16.6. The average Bonchev–Trinajstić information content (AvgIpc) is 2.69. The number of carbonyl (C=O) groups is 1. The van der Waals surface area contributed by atoms with E-state index in [1.54, 1.807) is 18.2 Å². The minimum absolute atomic E-state index is 0.151. The number of nitrogens with zero attached hydrogens (tertiary/aromatic N) is 1. The third-order valence-corrected chi connectivity index (χ3v) is 7.09. The van der Waals surface area contributed by atoms with E-state index in [2.05, 4.69) is 10.6 Å². The molecule has 2 N–H and O–H groups in total. The van der Waals surface area contributed by atoms with Gasteiger partial charge in [0.25, 0.3) is 0 Å². The first-order valence-corrected chi connectivity index (χ1v) is 11.2. The number of ether oxygens (including phenoxy) is 1. The van der Waals surface area contributed by atoms with Crippen molar-refractivity contribution in [2.24, 2.45) is 0 Å². The Kier molecular flexibility index (Phi) is 6.86. The second-order valence-electron chi connectivity index (χ2n) is 7.26. The lowest BCUT2D eigenvalue weighted by molar-refractivity contribution is -0.118. The van der Waals surface area contributed by atoms with Crippen LogP contribution in [0.3, 0.4) is 0 Å². The van der Waals surface area contributed by atoms with E-state index in [1.165, 1.54) is 29.6 Å². The molecule has 2 fully saturated rings. The van der Waals surface area contributed by atoms with Crippen LogP contribution in [-0.4, -0.2) is 57.0 Å². The first-order valence-electron chi connectivity index (χ1n) is 9.72. The minimum atomic E-state index is -3.58. The average molecular weight is 396 g/mol. The topological polar surface area (TPSA) is 87.7 Å². The smallest absolute Gasteiger partial charge is 0.243 e. The first-order chi connectivity index (χ1) is 13.0. The van der Waals surface area contributed by atoms with Crippen molar-refractivity contribution in [3.05, 3.63) is 24.3 Å². The van der Waals surface area contributed by atoms with Gasteiger partial charge in [-0.2, -0.15) is 4.31 Å². The Morgan fingerprint density at radius 2 is 1.89 bits per heavy atom. The highest BCUT2D eigenvalue weighted by atomic mass is 32.2. The summed E-state index contributed by atoms with van der Waals surface area (Å²) in [5, 5.41) is 6.22. The van der Waals surface area contributed by atoms with Crippen molar-refractivity contribution < 1.29 is 17.9 Å². The van der Waals surface area contributed by atoms with Gasteiger partial charge in [-0.15, -0.1) is 0 Å². The molecule has 1 amide bonds. The molecule has 1 heterocycles. The van der Waals surface area contributed by atoms with Gasteiger partial charge >= 0.3 is 0 Å². The summed E-state index contributed by atoms with van der Waals surface area (Å²) in [6.45, 7) is 3.35. The molecule has 0 aromatic heterocycles. The van der Waals surface area contributed by atoms with Crippen LogP contribution in [0.2, 0.25) is 0 Å². The second-order valence-corrected chi connectivity index (χ2v) is 9.19. The summed E-state index contributed by atoms with van der Waals surface area (Å²) in [6.07, 6.45) is 5.87. The van der Waals surface area contributed by atoms with Crippen molar-refractivity contribution in [1.82, 2.24) is 9.62 Å². The van der Waals surface area contributed by atoms with Crippen molar-refractivity contribution >= 4 is 21.6 Å². The molecule has 0 spiro atoms. The van der Waals surface area contributed by atoms with Gasteiger partial charge in [0.2, 0.25) is 15.9 Å². The third kappa shape index (κ3) is 5.28. The largest absolute Gasteiger partial charge is 0.379 e. The standard InChI is InChI=1S/C19H29N3O4S/c1-15(20-16-6-3-2-4-7-16)19(23)21-17-8-5-9-18(14-17)27(24,25)22-10-12-26-13-11-22/h5,8-9,14-16,20H,2-4,6-7,10-13H2,1H3,(H,21,23)/t15-/m0/s1. The van der Waals surface area contributed by atoms with Crippen LogP contribution in [0.5, 0.6) is 0 Å². The number of anilines is 1. The lowest BCUT2D eigenvalue weighted by atomic mass is 9.95. The maximum absolute atomic E-state index is 12.8. The van der Waals surface area contributed by atoms with Crippen molar-refractivity contribution in [2.45, 2.75) is 56.0 Å². The summed E-state index contributed by atoms with van der Waals surface area (Å²) in [5.41, 5.74) is 0.492. The Bertz CT molecular complexity index is 741. The summed E-state index contributed by atoms with van der Waals surface area (Å²) in [5.74, 6) is -0.151. The Hall–Kier alpha value is -1.48. The van der Waals surface area contributed by atoms with Crippen LogP contribution >= 0.6 is 0 Å². The SMILES string of the molecule is C[C@H](NC1CCCCC1)C(=O)Nc1cccc(S(=O)(=O)N2CCOCC2)c1. The normalized spacial score (nSPS) is 20.9. The van der Waals surface area contributed by atoms with Crippen LogP contribution in [-0.2, 0) is 19.6 Å². The molecule has 150 valence electrons. The van der Waals surface area contributed by atoms with Gasteiger partial charge < -0.3 is 15.4 Å². The first kappa shape index (κ1) is 20.3.